The number of hydrogen-bond acceptors (Lipinski definition) is 5. The Bertz CT molecular complexity index is 1060. The first kappa shape index (κ1) is 33.8. The van der Waals surface area contributed by atoms with Gasteiger partial charge in [0.1, 0.15) is 0 Å². The summed E-state index contributed by atoms with van der Waals surface area (Å²) in [6.07, 6.45) is 18.0. The molecule has 2 aliphatic carbocycles. The summed E-state index contributed by atoms with van der Waals surface area (Å²) in [4.78, 5) is 24.1. The predicted molar refractivity (Wildman–Crippen MR) is 171 cm³/mol. The SMILES string of the molecule is C=C(C)C(=O)OCC(CCc1ccc(C2=CCC(C3CCC(CCCCC)CC3)CC2)cc1)COC(=O)C(=C)C(C)O. The van der Waals surface area contributed by atoms with Crippen molar-refractivity contribution in [1.82, 2.24) is 0 Å². The van der Waals surface area contributed by atoms with Gasteiger partial charge >= 0.3 is 11.9 Å². The minimum absolute atomic E-state index is 0.0109. The van der Waals surface area contributed by atoms with Crippen molar-refractivity contribution in [2.24, 2.45) is 23.7 Å². The standard InChI is InChI=1S/C37H54O5/c1-6-7-8-9-29-12-16-32(17-13-29)34-20-22-35(23-21-34)33-18-14-30(15-19-33)10-11-31(24-41-36(39)26(2)3)25-42-37(40)27(4)28(5)38/h14-15,18-19,22,28-29,31-32,34,38H,2,4,6-13,16-17,20-21,23-25H2,1,3,5H3. The van der Waals surface area contributed by atoms with Crippen LogP contribution in [0.1, 0.15) is 109 Å². The molecular weight excluding hydrogens is 524 g/mol. The molecule has 0 aliphatic heterocycles. The minimum Gasteiger partial charge on any atom is -0.462 e. The van der Waals surface area contributed by atoms with Crippen molar-refractivity contribution in [3.8, 4) is 0 Å². The van der Waals surface area contributed by atoms with Gasteiger partial charge in [-0.05, 0) is 93.2 Å². The van der Waals surface area contributed by atoms with Gasteiger partial charge in [0.15, 0.2) is 0 Å². The van der Waals surface area contributed by atoms with Crippen molar-refractivity contribution in [3.05, 3.63) is 65.8 Å². The van der Waals surface area contributed by atoms with Crippen molar-refractivity contribution in [1.29, 1.82) is 0 Å². The Morgan fingerprint density at radius 1 is 0.952 bits per heavy atom. The Morgan fingerprint density at radius 3 is 2.19 bits per heavy atom. The van der Waals surface area contributed by atoms with Gasteiger partial charge in [0.25, 0.3) is 0 Å². The molecular formula is C37H54O5. The molecule has 3 atom stereocenters. The maximum Gasteiger partial charge on any atom is 0.336 e. The average Bonchev–Trinajstić information content (AvgIpc) is 3.00. The van der Waals surface area contributed by atoms with Crippen molar-refractivity contribution in [3.63, 3.8) is 0 Å². The Kier molecular flexibility index (Phi) is 14.1. The van der Waals surface area contributed by atoms with Gasteiger partial charge in [-0.25, -0.2) is 9.59 Å². The smallest absolute Gasteiger partial charge is 0.336 e. The summed E-state index contributed by atoms with van der Waals surface area (Å²) in [6, 6.07) is 8.82. The third-order valence-electron chi connectivity index (χ3n) is 9.41. The number of rotatable bonds is 16. The molecule has 0 bridgehead atoms. The topological polar surface area (TPSA) is 72.8 Å². The van der Waals surface area contributed by atoms with E-state index in [2.05, 4.69) is 50.4 Å². The minimum atomic E-state index is -0.971. The molecule has 5 heteroatoms. The summed E-state index contributed by atoms with van der Waals surface area (Å²) in [5.74, 6) is 1.48. The lowest BCUT2D eigenvalue weighted by atomic mass is 9.70. The van der Waals surface area contributed by atoms with E-state index in [-0.39, 0.29) is 24.7 Å². The zero-order chi connectivity index (χ0) is 30.5. The fraction of sp³-hybridized carbons (Fsp3) is 0.622. The summed E-state index contributed by atoms with van der Waals surface area (Å²) in [5, 5.41) is 9.59. The van der Waals surface area contributed by atoms with Crippen LogP contribution in [-0.2, 0) is 25.5 Å². The zero-order valence-electron chi connectivity index (χ0n) is 26.4. The van der Waals surface area contributed by atoms with Gasteiger partial charge in [0.05, 0.1) is 24.9 Å². The number of unbranched alkanes of at least 4 members (excludes halogenated alkanes) is 2. The van der Waals surface area contributed by atoms with Crippen molar-refractivity contribution < 1.29 is 24.2 Å². The van der Waals surface area contributed by atoms with E-state index in [1.54, 1.807) is 6.92 Å². The lowest BCUT2D eigenvalue weighted by molar-refractivity contribution is -0.144. The molecule has 0 radical (unpaired) electrons. The fourth-order valence-corrected chi connectivity index (χ4v) is 6.42. The lowest BCUT2D eigenvalue weighted by Crippen LogP contribution is -2.24. The number of aliphatic hydroxyl groups is 1. The second kappa shape index (κ2) is 17.5. The first-order valence-corrected chi connectivity index (χ1v) is 16.3. The van der Waals surface area contributed by atoms with E-state index in [0.29, 0.717) is 12.0 Å². The molecule has 1 saturated carbocycles. The van der Waals surface area contributed by atoms with E-state index < -0.39 is 18.0 Å². The highest BCUT2D eigenvalue weighted by Crippen LogP contribution is 2.42. The van der Waals surface area contributed by atoms with Gasteiger partial charge in [-0.15, -0.1) is 0 Å². The summed E-state index contributed by atoms with van der Waals surface area (Å²) in [5.41, 5.74) is 4.32. The Balaban J connectivity index is 1.48. The average molecular weight is 579 g/mol. The van der Waals surface area contributed by atoms with Gasteiger partial charge in [0, 0.05) is 11.5 Å². The lowest BCUT2D eigenvalue weighted by Gasteiger charge is -2.35. The van der Waals surface area contributed by atoms with Gasteiger partial charge in [-0.1, -0.05) is 88.9 Å². The highest BCUT2D eigenvalue weighted by Gasteiger charge is 2.28. The van der Waals surface area contributed by atoms with Gasteiger partial charge < -0.3 is 14.6 Å². The molecule has 232 valence electrons. The summed E-state index contributed by atoms with van der Waals surface area (Å²) >= 11 is 0. The third-order valence-corrected chi connectivity index (χ3v) is 9.41. The molecule has 0 heterocycles. The molecule has 0 saturated heterocycles. The second-order valence-electron chi connectivity index (χ2n) is 12.8. The monoisotopic (exact) mass is 578 g/mol. The number of allylic oxidation sites excluding steroid dienone is 2. The first-order chi connectivity index (χ1) is 20.2. The Labute approximate surface area is 254 Å². The van der Waals surface area contributed by atoms with Crippen LogP contribution in [0.3, 0.4) is 0 Å². The van der Waals surface area contributed by atoms with Crippen LogP contribution in [0.15, 0.2) is 54.6 Å². The molecule has 42 heavy (non-hydrogen) atoms. The molecule has 5 nitrogen and oxygen atoms in total. The Hall–Kier alpha value is -2.66. The van der Waals surface area contributed by atoms with Crippen LogP contribution in [0.5, 0.6) is 0 Å². The first-order valence-electron chi connectivity index (χ1n) is 16.3. The molecule has 1 aromatic carbocycles. The molecule has 0 aromatic heterocycles. The van der Waals surface area contributed by atoms with E-state index in [1.165, 1.54) is 94.3 Å². The number of ether oxygens (including phenoxy) is 2. The number of carbonyl (C=O) groups is 2. The van der Waals surface area contributed by atoms with Crippen molar-refractivity contribution >= 4 is 17.5 Å². The molecule has 0 spiro atoms. The number of carbonyl (C=O) groups excluding carboxylic acids is 2. The largest absolute Gasteiger partial charge is 0.462 e. The molecule has 3 unspecified atom stereocenters. The second-order valence-corrected chi connectivity index (χ2v) is 12.8. The highest BCUT2D eigenvalue weighted by atomic mass is 16.5. The summed E-state index contributed by atoms with van der Waals surface area (Å²) < 4.78 is 10.7. The summed E-state index contributed by atoms with van der Waals surface area (Å²) in [6.45, 7) is 12.8. The number of esters is 2. The molecule has 2 aliphatic rings. The van der Waals surface area contributed by atoms with Gasteiger partial charge in [0.2, 0.25) is 0 Å². The summed E-state index contributed by atoms with van der Waals surface area (Å²) in [7, 11) is 0. The van der Waals surface area contributed by atoms with Crippen LogP contribution < -0.4 is 0 Å². The molecule has 1 N–H and O–H groups in total. The quantitative estimate of drug-likeness (QED) is 0.121. The predicted octanol–water partition coefficient (Wildman–Crippen LogP) is 8.41. The number of benzene rings is 1. The van der Waals surface area contributed by atoms with Crippen LogP contribution in [0, 0.1) is 23.7 Å². The molecule has 3 rings (SSSR count). The van der Waals surface area contributed by atoms with Crippen LogP contribution >= 0.6 is 0 Å². The normalized spacial score (nSPS) is 22.0. The van der Waals surface area contributed by atoms with E-state index in [0.717, 1.165) is 24.2 Å². The van der Waals surface area contributed by atoms with Gasteiger partial charge in [-0.2, -0.15) is 0 Å². The Morgan fingerprint density at radius 2 is 1.62 bits per heavy atom. The number of aliphatic hydroxyl groups excluding tert-OH is 1. The highest BCUT2D eigenvalue weighted by molar-refractivity contribution is 5.88. The van der Waals surface area contributed by atoms with Crippen LogP contribution in [0.2, 0.25) is 0 Å². The van der Waals surface area contributed by atoms with Crippen LogP contribution in [0.4, 0.5) is 0 Å². The third kappa shape index (κ3) is 10.9. The maximum absolute atomic E-state index is 12.2. The molecule has 1 fully saturated rings. The zero-order valence-corrected chi connectivity index (χ0v) is 26.4. The van der Waals surface area contributed by atoms with E-state index in [4.69, 9.17) is 9.47 Å². The van der Waals surface area contributed by atoms with Crippen LogP contribution in [0.25, 0.3) is 5.57 Å². The van der Waals surface area contributed by atoms with E-state index in [1.807, 2.05) is 0 Å². The molecule has 1 aromatic rings. The van der Waals surface area contributed by atoms with E-state index >= 15 is 0 Å². The molecule has 0 amide bonds. The maximum atomic E-state index is 12.2. The van der Waals surface area contributed by atoms with Gasteiger partial charge in [-0.3, -0.25) is 0 Å². The van der Waals surface area contributed by atoms with Crippen LogP contribution in [-0.4, -0.2) is 36.4 Å². The fourth-order valence-electron chi connectivity index (χ4n) is 6.42. The van der Waals surface area contributed by atoms with E-state index in [9.17, 15) is 14.7 Å². The van der Waals surface area contributed by atoms with Crippen molar-refractivity contribution in [2.45, 2.75) is 110 Å². The number of aryl methyl sites for hydroxylation is 1. The van der Waals surface area contributed by atoms with Crippen molar-refractivity contribution in [2.75, 3.05) is 13.2 Å². The number of hydrogen-bond donors (Lipinski definition) is 1.